The van der Waals surface area contributed by atoms with Crippen LogP contribution in [0.2, 0.25) is 0 Å². The van der Waals surface area contributed by atoms with Gasteiger partial charge in [-0.05, 0) is 91.3 Å². The predicted octanol–water partition coefficient (Wildman–Crippen LogP) is 5.20. The van der Waals surface area contributed by atoms with Gasteiger partial charge < -0.3 is 19.1 Å². The monoisotopic (exact) mass is 494 g/mol. The van der Waals surface area contributed by atoms with Gasteiger partial charge in [-0.1, -0.05) is 30.3 Å². The topological polar surface area (TPSA) is 99.1 Å². The number of anilines is 1. The van der Waals surface area contributed by atoms with Crippen molar-refractivity contribution in [3.05, 3.63) is 77.4 Å². The summed E-state index contributed by atoms with van der Waals surface area (Å²) in [6, 6.07) is 18.5. The average molecular weight is 495 g/mol. The number of rotatable bonds is 9. The van der Waals surface area contributed by atoms with Crippen molar-refractivity contribution in [2.45, 2.75) is 39.2 Å². The Balaban J connectivity index is 1.66. The van der Waals surface area contributed by atoms with E-state index in [4.69, 9.17) is 14.6 Å². The van der Waals surface area contributed by atoms with E-state index in [1.54, 1.807) is 12.1 Å². The van der Waals surface area contributed by atoms with Gasteiger partial charge in [0.15, 0.2) is 6.61 Å². The highest BCUT2D eigenvalue weighted by molar-refractivity contribution is 7.80. The van der Waals surface area contributed by atoms with Gasteiger partial charge in [0, 0.05) is 17.0 Å². The van der Waals surface area contributed by atoms with Crippen LogP contribution in [0.5, 0.6) is 11.5 Å². The molecule has 35 heavy (non-hydrogen) atoms. The number of carbonyl (C=O) groups is 1. The Labute approximate surface area is 207 Å². The Bertz CT molecular complexity index is 1230. The molecule has 2 atom stereocenters. The lowest BCUT2D eigenvalue weighted by molar-refractivity contribution is -0.139. The smallest absolute Gasteiger partial charge is 0.341 e. The minimum Gasteiger partial charge on any atom is -0.755 e. The van der Waals surface area contributed by atoms with E-state index < -0.39 is 29.9 Å². The highest BCUT2D eigenvalue weighted by Crippen LogP contribution is 2.42. The molecule has 3 aromatic rings. The maximum atomic E-state index is 12.5. The van der Waals surface area contributed by atoms with E-state index in [0.29, 0.717) is 30.9 Å². The van der Waals surface area contributed by atoms with Gasteiger partial charge in [-0.25, -0.2) is 4.79 Å². The first-order chi connectivity index (χ1) is 16.9. The van der Waals surface area contributed by atoms with Crippen LogP contribution in [0, 0.1) is 6.92 Å². The lowest BCUT2D eigenvalue weighted by Gasteiger charge is -2.38. The molecule has 0 saturated heterocycles. The molecule has 8 heteroatoms. The van der Waals surface area contributed by atoms with Crippen LogP contribution in [-0.4, -0.2) is 33.1 Å². The molecule has 0 spiro atoms. The zero-order valence-electron chi connectivity index (χ0n) is 19.7. The van der Waals surface area contributed by atoms with Crippen molar-refractivity contribution >= 4 is 22.9 Å². The van der Waals surface area contributed by atoms with Crippen LogP contribution >= 0.6 is 0 Å². The molecule has 3 aromatic carbocycles. The van der Waals surface area contributed by atoms with Gasteiger partial charge in [0.1, 0.15) is 11.5 Å². The number of aryl methyl sites for hydroxylation is 1. The summed E-state index contributed by atoms with van der Waals surface area (Å²) in [6.07, 6.45) is 2.13. The third-order valence-corrected chi connectivity index (χ3v) is 6.95. The Morgan fingerprint density at radius 2 is 1.91 bits per heavy atom. The number of benzene rings is 3. The van der Waals surface area contributed by atoms with Crippen molar-refractivity contribution in [2.75, 3.05) is 17.5 Å². The third-order valence-electron chi connectivity index (χ3n) is 6.17. The molecule has 1 aliphatic rings. The summed E-state index contributed by atoms with van der Waals surface area (Å²) in [5.41, 5.74) is 5.29. The Hall–Kier alpha value is -3.36. The van der Waals surface area contributed by atoms with Gasteiger partial charge >= 0.3 is 5.97 Å². The van der Waals surface area contributed by atoms with Crippen molar-refractivity contribution in [3.63, 3.8) is 0 Å². The van der Waals surface area contributed by atoms with Crippen LogP contribution in [-0.2, 0) is 22.5 Å². The number of hydrogen-bond donors (Lipinski definition) is 1. The summed E-state index contributed by atoms with van der Waals surface area (Å²) in [4.78, 5) is 11.0. The number of carboxylic acids is 1. The van der Waals surface area contributed by atoms with Gasteiger partial charge in [-0.2, -0.15) is 0 Å². The van der Waals surface area contributed by atoms with E-state index in [2.05, 4.69) is 0 Å². The fourth-order valence-electron chi connectivity index (χ4n) is 4.68. The van der Waals surface area contributed by atoms with Crippen molar-refractivity contribution in [1.82, 2.24) is 0 Å². The molecular weight excluding hydrogens is 466 g/mol. The third kappa shape index (κ3) is 5.49. The number of fused-ring (bicyclic) bond motifs is 1. The van der Waals surface area contributed by atoms with Crippen LogP contribution in [0.15, 0.2) is 60.7 Å². The van der Waals surface area contributed by atoms with Gasteiger partial charge in [-0.3, -0.25) is 8.51 Å². The molecule has 0 fully saturated rings. The fourth-order valence-corrected chi connectivity index (χ4v) is 5.40. The highest BCUT2D eigenvalue weighted by Gasteiger charge is 2.29. The van der Waals surface area contributed by atoms with Gasteiger partial charge in [0.05, 0.1) is 12.6 Å². The molecule has 0 aliphatic heterocycles. The van der Waals surface area contributed by atoms with Crippen molar-refractivity contribution in [2.24, 2.45) is 0 Å². The predicted molar refractivity (Wildman–Crippen MR) is 134 cm³/mol. The summed E-state index contributed by atoms with van der Waals surface area (Å²) in [5, 5.41) is 8.99. The number of ether oxygens (including phenoxy) is 2. The van der Waals surface area contributed by atoms with E-state index >= 15 is 0 Å². The van der Waals surface area contributed by atoms with Crippen LogP contribution in [0.3, 0.4) is 0 Å². The highest BCUT2D eigenvalue weighted by atomic mass is 32.2. The Morgan fingerprint density at radius 3 is 2.57 bits per heavy atom. The first-order valence-electron chi connectivity index (χ1n) is 11.6. The molecule has 0 saturated carbocycles. The molecule has 0 heterocycles. The van der Waals surface area contributed by atoms with Gasteiger partial charge in [0.25, 0.3) is 0 Å². The second-order valence-electron chi connectivity index (χ2n) is 8.41. The first-order valence-corrected chi connectivity index (χ1v) is 12.6. The zero-order valence-corrected chi connectivity index (χ0v) is 20.5. The van der Waals surface area contributed by atoms with Crippen molar-refractivity contribution < 1.29 is 28.1 Å². The molecular formula is C27H28NO6S-. The van der Waals surface area contributed by atoms with Crippen molar-refractivity contribution in [3.8, 4) is 22.6 Å². The molecule has 0 radical (unpaired) electrons. The van der Waals surface area contributed by atoms with Crippen LogP contribution in [0.25, 0.3) is 11.1 Å². The van der Waals surface area contributed by atoms with E-state index in [9.17, 15) is 13.6 Å². The second-order valence-corrected chi connectivity index (χ2v) is 9.24. The number of nitrogens with zero attached hydrogens (tertiary/aromatic N) is 1. The summed E-state index contributed by atoms with van der Waals surface area (Å²) in [7, 11) is 0. The maximum absolute atomic E-state index is 12.5. The largest absolute Gasteiger partial charge is 0.755 e. The van der Waals surface area contributed by atoms with Crippen LogP contribution in [0.1, 0.15) is 42.5 Å². The van der Waals surface area contributed by atoms with Crippen LogP contribution < -0.4 is 13.8 Å². The molecule has 0 bridgehead atoms. The summed E-state index contributed by atoms with van der Waals surface area (Å²) in [6.45, 7) is 4.07. The molecule has 4 rings (SSSR count). The minimum absolute atomic E-state index is 0.402. The quantitative estimate of drug-likeness (QED) is 0.411. The molecule has 184 valence electrons. The number of aliphatic carboxylic acids is 1. The van der Waals surface area contributed by atoms with Gasteiger partial charge in [-0.15, -0.1) is 0 Å². The molecule has 1 aliphatic carbocycles. The number of hydrogen-bond acceptors (Lipinski definition) is 5. The lowest BCUT2D eigenvalue weighted by Crippen LogP contribution is -2.33. The first kappa shape index (κ1) is 24.8. The van der Waals surface area contributed by atoms with E-state index in [1.807, 2.05) is 62.4 Å². The molecule has 0 amide bonds. The molecule has 7 nitrogen and oxygen atoms in total. The zero-order chi connectivity index (χ0) is 24.9. The number of carboxylic acid groups (broad SMARTS) is 1. The minimum atomic E-state index is -2.51. The standard InChI is InChI=1S/C27H29NO6S/c1-3-33-21-13-10-19(11-14-21)22-15-12-20(16-18(22)2)28(35(31)32)25-8-4-7-24-23(25)6-5-9-26(24)34-17-27(29)30/h5-6,9-16,25H,3-4,7-8,17H2,1-2H3,(H,29,30)(H,31,32)/p-1. The summed E-state index contributed by atoms with van der Waals surface area (Å²) in [5.74, 6) is 0.245. The SMILES string of the molecule is CCOc1ccc(-c2ccc(N(C3CCCc4c(OCC(=O)O)cccc43)S(=O)[O-])cc2C)cc1. The Kier molecular flexibility index (Phi) is 7.73. The molecule has 2 unspecified atom stereocenters. The fraction of sp³-hybridized carbons (Fsp3) is 0.296. The average Bonchev–Trinajstić information content (AvgIpc) is 2.84. The van der Waals surface area contributed by atoms with E-state index in [-0.39, 0.29) is 0 Å². The summed E-state index contributed by atoms with van der Waals surface area (Å²) >= 11 is -2.51. The Morgan fingerprint density at radius 1 is 1.14 bits per heavy atom. The second kappa shape index (κ2) is 10.9. The van der Waals surface area contributed by atoms with E-state index in [0.717, 1.165) is 40.0 Å². The van der Waals surface area contributed by atoms with Crippen molar-refractivity contribution in [1.29, 1.82) is 0 Å². The maximum Gasteiger partial charge on any atom is 0.341 e. The van der Waals surface area contributed by atoms with Gasteiger partial charge in [0.2, 0.25) is 0 Å². The molecule has 0 aromatic heterocycles. The van der Waals surface area contributed by atoms with Crippen LogP contribution in [0.4, 0.5) is 5.69 Å². The van der Waals surface area contributed by atoms with E-state index in [1.165, 1.54) is 4.31 Å². The summed E-state index contributed by atoms with van der Waals surface area (Å²) < 4.78 is 37.4. The normalized spacial score (nSPS) is 15.7. The molecule has 1 N–H and O–H groups in total. The lowest BCUT2D eigenvalue weighted by atomic mass is 9.86.